The molecule has 4 aromatic rings. The minimum absolute atomic E-state index is 0.261. The fourth-order valence-corrected chi connectivity index (χ4v) is 3.28. The van der Waals surface area contributed by atoms with Crippen LogP contribution in [0.15, 0.2) is 72.8 Å². The molecule has 0 radical (unpaired) electrons. The van der Waals surface area contributed by atoms with Gasteiger partial charge in [0.05, 0.1) is 6.61 Å². The summed E-state index contributed by atoms with van der Waals surface area (Å²) in [5.74, 6) is 2.87. The number of nitrogens with one attached hydrogen (secondary N) is 2. The molecule has 1 aromatic heterocycles. The zero-order valence-electron chi connectivity index (χ0n) is 19.1. The average Bonchev–Trinajstić information content (AvgIpc) is 3.30. The van der Waals surface area contributed by atoms with Crippen molar-refractivity contribution in [3.8, 4) is 28.6 Å². The van der Waals surface area contributed by atoms with Gasteiger partial charge < -0.3 is 19.5 Å². The lowest BCUT2D eigenvalue weighted by Gasteiger charge is -2.14. The van der Waals surface area contributed by atoms with E-state index in [2.05, 4.69) is 20.5 Å². The molecule has 1 amide bonds. The molecule has 0 aliphatic heterocycles. The van der Waals surface area contributed by atoms with Crippen molar-refractivity contribution in [2.24, 2.45) is 0 Å². The molecule has 174 valence electrons. The van der Waals surface area contributed by atoms with Gasteiger partial charge in [-0.3, -0.25) is 9.89 Å². The van der Waals surface area contributed by atoms with E-state index in [-0.39, 0.29) is 5.91 Å². The summed E-state index contributed by atoms with van der Waals surface area (Å²) in [6.45, 7) is 4.89. The van der Waals surface area contributed by atoms with Crippen molar-refractivity contribution in [3.05, 3.63) is 84.2 Å². The van der Waals surface area contributed by atoms with Gasteiger partial charge in [-0.25, -0.2) is 4.98 Å². The van der Waals surface area contributed by atoms with Crippen LogP contribution in [0.4, 0.5) is 5.69 Å². The number of aromatic nitrogens is 3. The number of benzene rings is 3. The lowest BCUT2D eigenvalue weighted by Crippen LogP contribution is -2.13. The molecule has 3 aromatic carbocycles. The van der Waals surface area contributed by atoms with E-state index in [1.807, 2.05) is 68.4 Å². The predicted molar refractivity (Wildman–Crippen MR) is 130 cm³/mol. The minimum Gasteiger partial charge on any atom is -0.490 e. The van der Waals surface area contributed by atoms with Crippen molar-refractivity contribution in [1.82, 2.24) is 15.2 Å². The molecule has 0 fully saturated rings. The Morgan fingerprint density at radius 1 is 0.912 bits per heavy atom. The molecule has 1 heterocycles. The molecule has 0 saturated carbocycles. The normalized spacial score (nSPS) is 10.5. The second-order valence-electron chi connectivity index (χ2n) is 7.38. The molecule has 0 saturated heterocycles. The Hall–Kier alpha value is -4.33. The van der Waals surface area contributed by atoms with E-state index in [1.54, 1.807) is 18.2 Å². The number of rotatable bonds is 10. The number of nitrogens with zero attached hydrogens (tertiary/aromatic N) is 2. The Morgan fingerprint density at radius 3 is 2.50 bits per heavy atom. The standard InChI is InChI=1S/C26H26N4O4/c1-3-32-24-17-20(12-13-23(24)34-15-14-33-22-10-5-4-6-11-22)26(31)28-21-9-7-8-19(16-21)25-27-18(2)29-30-25/h4-13,16-17H,3,14-15H2,1-2H3,(H,28,31)(H,27,29,30). The lowest BCUT2D eigenvalue weighted by atomic mass is 10.1. The zero-order valence-corrected chi connectivity index (χ0v) is 19.1. The Bertz CT molecular complexity index is 1240. The summed E-state index contributed by atoms with van der Waals surface area (Å²) in [6, 6.07) is 22.0. The third kappa shape index (κ3) is 5.92. The van der Waals surface area contributed by atoms with Gasteiger partial charge in [-0.2, -0.15) is 5.10 Å². The van der Waals surface area contributed by atoms with Crippen LogP contribution in [0.5, 0.6) is 17.2 Å². The molecule has 34 heavy (non-hydrogen) atoms. The van der Waals surface area contributed by atoms with Crippen molar-refractivity contribution < 1.29 is 19.0 Å². The van der Waals surface area contributed by atoms with Crippen LogP contribution in [-0.4, -0.2) is 40.9 Å². The van der Waals surface area contributed by atoms with Gasteiger partial charge in [0.2, 0.25) is 0 Å². The maximum absolute atomic E-state index is 12.9. The maximum Gasteiger partial charge on any atom is 0.255 e. The first-order valence-electron chi connectivity index (χ1n) is 11.0. The number of aromatic amines is 1. The van der Waals surface area contributed by atoms with E-state index in [1.165, 1.54) is 0 Å². The van der Waals surface area contributed by atoms with Gasteiger partial charge in [0.15, 0.2) is 17.3 Å². The number of anilines is 1. The summed E-state index contributed by atoms with van der Waals surface area (Å²) in [5, 5.41) is 9.90. The van der Waals surface area contributed by atoms with Crippen LogP contribution in [0.25, 0.3) is 11.4 Å². The molecule has 8 nitrogen and oxygen atoms in total. The summed E-state index contributed by atoms with van der Waals surface area (Å²) in [6.07, 6.45) is 0. The highest BCUT2D eigenvalue weighted by molar-refractivity contribution is 6.04. The summed E-state index contributed by atoms with van der Waals surface area (Å²) >= 11 is 0. The number of hydrogen-bond donors (Lipinski definition) is 2. The Kier molecular flexibility index (Phi) is 7.39. The Morgan fingerprint density at radius 2 is 1.74 bits per heavy atom. The molecule has 0 atom stereocenters. The minimum atomic E-state index is -0.261. The summed E-state index contributed by atoms with van der Waals surface area (Å²) < 4.78 is 17.2. The number of para-hydroxylation sites is 1. The van der Waals surface area contributed by atoms with Gasteiger partial charge in [0.1, 0.15) is 24.8 Å². The van der Waals surface area contributed by atoms with E-state index in [9.17, 15) is 4.79 Å². The topological polar surface area (TPSA) is 98.4 Å². The Labute approximate surface area is 197 Å². The van der Waals surface area contributed by atoms with Crippen LogP contribution in [0.1, 0.15) is 23.1 Å². The monoisotopic (exact) mass is 458 g/mol. The van der Waals surface area contributed by atoms with Gasteiger partial charge in [-0.15, -0.1) is 0 Å². The third-order valence-electron chi connectivity index (χ3n) is 4.83. The second-order valence-corrected chi connectivity index (χ2v) is 7.38. The molecule has 0 bridgehead atoms. The fourth-order valence-electron chi connectivity index (χ4n) is 3.28. The number of carbonyl (C=O) groups is 1. The van der Waals surface area contributed by atoms with Crippen LogP contribution in [-0.2, 0) is 0 Å². The predicted octanol–water partition coefficient (Wildman–Crippen LogP) is 4.89. The molecule has 0 aliphatic rings. The summed E-state index contributed by atoms with van der Waals surface area (Å²) in [7, 11) is 0. The first-order valence-corrected chi connectivity index (χ1v) is 11.0. The molecule has 0 spiro atoms. The average molecular weight is 459 g/mol. The third-order valence-corrected chi connectivity index (χ3v) is 4.83. The van der Waals surface area contributed by atoms with E-state index >= 15 is 0 Å². The van der Waals surface area contributed by atoms with E-state index < -0.39 is 0 Å². The van der Waals surface area contributed by atoms with Crippen molar-refractivity contribution in [2.75, 3.05) is 25.1 Å². The van der Waals surface area contributed by atoms with E-state index in [0.717, 1.165) is 17.1 Å². The van der Waals surface area contributed by atoms with Gasteiger partial charge in [0.25, 0.3) is 5.91 Å². The van der Waals surface area contributed by atoms with Gasteiger partial charge in [-0.1, -0.05) is 30.3 Å². The molecule has 8 heteroatoms. The van der Waals surface area contributed by atoms with Crippen LogP contribution < -0.4 is 19.5 Å². The summed E-state index contributed by atoms with van der Waals surface area (Å²) in [5.41, 5.74) is 1.90. The SMILES string of the molecule is CCOc1cc(C(=O)Nc2cccc(-c3n[nH]c(C)n3)c2)ccc1OCCOc1ccccc1. The first-order chi connectivity index (χ1) is 16.6. The van der Waals surface area contributed by atoms with Gasteiger partial charge in [-0.05, 0) is 56.3 Å². The van der Waals surface area contributed by atoms with Gasteiger partial charge in [0, 0.05) is 16.8 Å². The highest BCUT2D eigenvalue weighted by Crippen LogP contribution is 2.29. The van der Waals surface area contributed by atoms with Crippen molar-refractivity contribution in [2.45, 2.75) is 13.8 Å². The molecular weight excluding hydrogens is 432 g/mol. The Balaban J connectivity index is 1.40. The number of carbonyl (C=O) groups excluding carboxylic acids is 1. The highest BCUT2D eigenvalue weighted by Gasteiger charge is 2.13. The first kappa shape index (κ1) is 22.8. The maximum atomic E-state index is 12.9. The quantitative estimate of drug-likeness (QED) is 0.328. The number of ether oxygens (including phenoxy) is 3. The largest absolute Gasteiger partial charge is 0.490 e. The zero-order chi connectivity index (χ0) is 23.8. The van der Waals surface area contributed by atoms with E-state index in [4.69, 9.17) is 14.2 Å². The second kappa shape index (κ2) is 11.0. The van der Waals surface area contributed by atoms with Crippen LogP contribution >= 0.6 is 0 Å². The number of amides is 1. The summed E-state index contributed by atoms with van der Waals surface area (Å²) in [4.78, 5) is 17.2. The van der Waals surface area contributed by atoms with Crippen molar-refractivity contribution in [1.29, 1.82) is 0 Å². The molecule has 0 unspecified atom stereocenters. The fraction of sp³-hybridized carbons (Fsp3) is 0.192. The number of aryl methyl sites for hydroxylation is 1. The number of hydrogen-bond acceptors (Lipinski definition) is 6. The highest BCUT2D eigenvalue weighted by atomic mass is 16.5. The van der Waals surface area contributed by atoms with Crippen LogP contribution in [0, 0.1) is 6.92 Å². The van der Waals surface area contributed by atoms with Crippen LogP contribution in [0.2, 0.25) is 0 Å². The van der Waals surface area contributed by atoms with Crippen molar-refractivity contribution >= 4 is 11.6 Å². The smallest absolute Gasteiger partial charge is 0.255 e. The molecule has 4 rings (SSSR count). The van der Waals surface area contributed by atoms with Crippen LogP contribution in [0.3, 0.4) is 0 Å². The molecule has 0 aliphatic carbocycles. The lowest BCUT2D eigenvalue weighted by molar-refractivity contribution is 0.102. The molecule has 2 N–H and O–H groups in total. The molecular formula is C26H26N4O4. The number of H-pyrrole nitrogens is 1. The van der Waals surface area contributed by atoms with E-state index in [0.29, 0.717) is 48.4 Å². The van der Waals surface area contributed by atoms with Crippen molar-refractivity contribution in [3.63, 3.8) is 0 Å². The van der Waals surface area contributed by atoms with Gasteiger partial charge >= 0.3 is 0 Å².